The molecule has 1 atom stereocenters. The first-order valence-corrected chi connectivity index (χ1v) is 7.82. The number of carbonyl (C=O) groups is 2. The van der Waals surface area contributed by atoms with Gasteiger partial charge in [0, 0.05) is 26.1 Å². The molecule has 0 spiro atoms. The second kappa shape index (κ2) is 8.70. The van der Waals surface area contributed by atoms with Crippen LogP contribution in [-0.4, -0.2) is 51.4 Å². The first-order chi connectivity index (χ1) is 8.74. The Morgan fingerprint density at radius 2 is 1.84 bits per heavy atom. The minimum atomic E-state index is -3.25. The number of hydrogen-bond acceptors (Lipinski definition) is 4. The predicted octanol–water partition coefficient (Wildman–Crippen LogP) is -0.664. The molecule has 0 aliphatic carbocycles. The van der Waals surface area contributed by atoms with Crippen molar-refractivity contribution in [2.45, 2.75) is 19.8 Å². The molecule has 0 aromatic heterocycles. The van der Waals surface area contributed by atoms with Crippen LogP contribution < -0.4 is 15.4 Å². The van der Waals surface area contributed by atoms with Crippen molar-refractivity contribution in [3.8, 4) is 0 Å². The van der Waals surface area contributed by atoms with E-state index in [2.05, 4.69) is 15.4 Å². The van der Waals surface area contributed by atoms with Crippen molar-refractivity contribution in [3.05, 3.63) is 0 Å². The van der Waals surface area contributed by atoms with Gasteiger partial charge in [-0.1, -0.05) is 13.3 Å². The Morgan fingerprint density at radius 1 is 1.21 bits per heavy atom. The molecule has 112 valence electrons. The molecule has 0 rings (SSSR count). The SMILES string of the molecule is CCC(CNC(=O)NCCNS(C)(=O)=O)CC(=O)O. The van der Waals surface area contributed by atoms with Gasteiger partial charge in [-0.15, -0.1) is 0 Å². The molecule has 2 amide bonds. The van der Waals surface area contributed by atoms with Crippen molar-refractivity contribution < 1.29 is 23.1 Å². The average Bonchev–Trinajstić information content (AvgIpc) is 2.28. The van der Waals surface area contributed by atoms with Gasteiger partial charge in [0.05, 0.1) is 6.26 Å². The number of carboxylic acid groups (broad SMARTS) is 1. The number of urea groups is 1. The van der Waals surface area contributed by atoms with Crippen LogP contribution in [0.4, 0.5) is 4.79 Å². The summed E-state index contributed by atoms with van der Waals surface area (Å²) < 4.78 is 23.7. The summed E-state index contributed by atoms with van der Waals surface area (Å²) in [5, 5.41) is 13.6. The maximum Gasteiger partial charge on any atom is 0.314 e. The van der Waals surface area contributed by atoms with E-state index in [0.717, 1.165) is 6.26 Å². The third-order valence-corrected chi connectivity index (χ3v) is 3.10. The minimum Gasteiger partial charge on any atom is -0.481 e. The quantitative estimate of drug-likeness (QED) is 0.420. The molecule has 0 aliphatic rings. The number of hydrogen-bond donors (Lipinski definition) is 4. The van der Waals surface area contributed by atoms with Gasteiger partial charge in [-0.05, 0) is 5.92 Å². The van der Waals surface area contributed by atoms with Gasteiger partial charge in [0.25, 0.3) is 0 Å². The molecule has 0 fully saturated rings. The molecule has 9 heteroatoms. The van der Waals surface area contributed by atoms with E-state index in [0.29, 0.717) is 6.42 Å². The van der Waals surface area contributed by atoms with Crippen molar-refractivity contribution in [2.75, 3.05) is 25.9 Å². The summed E-state index contributed by atoms with van der Waals surface area (Å²) in [6.07, 6.45) is 1.69. The van der Waals surface area contributed by atoms with Crippen molar-refractivity contribution in [2.24, 2.45) is 5.92 Å². The first-order valence-electron chi connectivity index (χ1n) is 5.92. The zero-order valence-electron chi connectivity index (χ0n) is 11.1. The highest BCUT2D eigenvalue weighted by Gasteiger charge is 2.12. The van der Waals surface area contributed by atoms with Crippen LogP contribution in [0.15, 0.2) is 0 Å². The van der Waals surface area contributed by atoms with Crippen LogP contribution >= 0.6 is 0 Å². The lowest BCUT2D eigenvalue weighted by atomic mass is 10.0. The summed E-state index contributed by atoms with van der Waals surface area (Å²) in [5.41, 5.74) is 0. The van der Waals surface area contributed by atoms with Gasteiger partial charge < -0.3 is 15.7 Å². The number of carboxylic acids is 1. The van der Waals surface area contributed by atoms with E-state index in [1.165, 1.54) is 0 Å². The fourth-order valence-electron chi connectivity index (χ4n) is 1.32. The average molecular weight is 295 g/mol. The third kappa shape index (κ3) is 11.5. The van der Waals surface area contributed by atoms with Gasteiger partial charge >= 0.3 is 12.0 Å². The van der Waals surface area contributed by atoms with Crippen LogP contribution in [0.25, 0.3) is 0 Å². The standard InChI is InChI=1S/C10H21N3O5S/c1-3-8(6-9(14)15)7-12-10(16)11-4-5-13-19(2,17)18/h8,13H,3-7H2,1-2H3,(H,14,15)(H2,11,12,16). The van der Waals surface area contributed by atoms with Crippen LogP contribution in [0.1, 0.15) is 19.8 Å². The lowest BCUT2D eigenvalue weighted by molar-refractivity contribution is -0.138. The molecule has 0 saturated carbocycles. The highest BCUT2D eigenvalue weighted by molar-refractivity contribution is 7.88. The zero-order chi connectivity index (χ0) is 14.9. The molecular formula is C10H21N3O5S. The molecule has 1 unspecified atom stereocenters. The lowest BCUT2D eigenvalue weighted by Crippen LogP contribution is -2.41. The smallest absolute Gasteiger partial charge is 0.314 e. The molecule has 0 aliphatic heterocycles. The van der Waals surface area contributed by atoms with Gasteiger partial charge in [0.1, 0.15) is 0 Å². The fourth-order valence-corrected chi connectivity index (χ4v) is 1.79. The summed E-state index contributed by atoms with van der Waals surface area (Å²) in [6, 6.07) is -0.445. The molecule has 0 saturated heterocycles. The van der Waals surface area contributed by atoms with E-state index in [9.17, 15) is 18.0 Å². The molecule has 19 heavy (non-hydrogen) atoms. The molecular weight excluding hydrogens is 274 g/mol. The van der Waals surface area contributed by atoms with Crippen LogP contribution in [-0.2, 0) is 14.8 Å². The fraction of sp³-hybridized carbons (Fsp3) is 0.800. The summed E-state index contributed by atoms with van der Waals surface area (Å²) in [4.78, 5) is 21.9. The van der Waals surface area contributed by atoms with E-state index in [-0.39, 0.29) is 32.0 Å². The van der Waals surface area contributed by atoms with Gasteiger partial charge in [-0.25, -0.2) is 17.9 Å². The zero-order valence-corrected chi connectivity index (χ0v) is 11.9. The number of rotatable bonds is 9. The van der Waals surface area contributed by atoms with Crippen LogP contribution in [0.5, 0.6) is 0 Å². The predicted molar refractivity (Wildman–Crippen MR) is 70.3 cm³/mol. The second-order valence-corrected chi connectivity index (χ2v) is 6.01. The first kappa shape index (κ1) is 17.6. The maximum atomic E-state index is 11.3. The van der Waals surface area contributed by atoms with Crippen molar-refractivity contribution >= 4 is 22.0 Å². The Kier molecular flexibility index (Phi) is 8.08. The Morgan fingerprint density at radius 3 is 2.32 bits per heavy atom. The number of nitrogens with one attached hydrogen (secondary N) is 3. The van der Waals surface area contributed by atoms with E-state index >= 15 is 0 Å². The van der Waals surface area contributed by atoms with E-state index in [1.54, 1.807) is 0 Å². The molecule has 0 radical (unpaired) electrons. The van der Waals surface area contributed by atoms with Crippen molar-refractivity contribution in [3.63, 3.8) is 0 Å². The Hall–Kier alpha value is -1.35. The Bertz CT molecular complexity index is 396. The molecule has 8 nitrogen and oxygen atoms in total. The molecule has 0 aromatic rings. The van der Waals surface area contributed by atoms with E-state index < -0.39 is 22.0 Å². The molecule has 0 bridgehead atoms. The Labute approximate surface area is 113 Å². The van der Waals surface area contributed by atoms with E-state index in [1.807, 2.05) is 6.92 Å². The maximum absolute atomic E-state index is 11.3. The lowest BCUT2D eigenvalue weighted by Gasteiger charge is -2.14. The van der Waals surface area contributed by atoms with Gasteiger partial charge in [0.15, 0.2) is 0 Å². The highest BCUT2D eigenvalue weighted by Crippen LogP contribution is 2.06. The number of sulfonamides is 1. The van der Waals surface area contributed by atoms with Crippen LogP contribution in [0.3, 0.4) is 0 Å². The monoisotopic (exact) mass is 295 g/mol. The number of aliphatic carboxylic acids is 1. The van der Waals surface area contributed by atoms with Crippen molar-refractivity contribution in [1.82, 2.24) is 15.4 Å². The summed E-state index contributed by atoms with van der Waals surface area (Å²) >= 11 is 0. The van der Waals surface area contributed by atoms with Crippen LogP contribution in [0, 0.1) is 5.92 Å². The number of carbonyl (C=O) groups excluding carboxylic acids is 1. The summed E-state index contributed by atoms with van der Waals surface area (Å²) in [6.45, 7) is 2.39. The summed E-state index contributed by atoms with van der Waals surface area (Å²) in [7, 11) is -3.25. The highest BCUT2D eigenvalue weighted by atomic mass is 32.2. The minimum absolute atomic E-state index is 0.00636. The van der Waals surface area contributed by atoms with E-state index in [4.69, 9.17) is 5.11 Å². The largest absolute Gasteiger partial charge is 0.481 e. The molecule has 0 aromatic carbocycles. The Balaban J connectivity index is 3.77. The van der Waals surface area contributed by atoms with Crippen LogP contribution in [0.2, 0.25) is 0 Å². The van der Waals surface area contributed by atoms with Gasteiger partial charge in [0.2, 0.25) is 10.0 Å². The third-order valence-electron chi connectivity index (χ3n) is 2.37. The summed E-state index contributed by atoms with van der Waals surface area (Å²) in [5.74, 6) is -1.01. The normalized spacial score (nSPS) is 12.7. The molecule has 0 heterocycles. The van der Waals surface area contributed by atoms with Gasteiger partial charge in [-0.3, -0.25) is 4.79 Å². The number of amides is 2. The molecule has 4 N–H and O–H groups in total. The topological polar surface area (TPSA) is 125 Å². The van der Waals surface area contributed by atoms with Gasteiger partial charge in [-0.2, -0.15) is 0 Å². The second-order valence-electron chi connectivity index (χ2n) is 4.18. The van der Waals surface area contributed by atoms with Crippen molar-refractivity contribution in [1.29, 1.82) is 0 Å².